The number of non-ortho nitro benzene ring substituents is 1. The van der Waals surface area contributed by atoms with Gasteiger partial charge in [-0.3, -0.25) is 10.1 Å². The number of anilines is 1. The molecule has 0 saturated heterocycles. The van der Waals surface area contributed by atoms with Gasteiger partial charge in [0.2, 0.25) is 0 Å². The molecule has 0 aliphatic heterocycles. The van der Waals surface area contributed by atoms with Crippen molar-refractivity contribution in [2.45, 2.75) is 13.5 Å². The van der Waals surface area contributed by atoms with Crippen molar-refractivity contribution < 1.29 is 9.66 Å². The topological polar surface area (TPSA) is 78.4 Å². The van der Waals surface area contributed by atoms with Gasteiger partial charge < -0.3 is 10.5 Å². The molecule has 0 atom stereocenters. The number of ether oxygens (including phenoxy) is 1. The maximum absolute atomic E-state index is 10.6. The van der Waals surface area contributed by atoms with Crippen LogP contribution in [0, 0.1) is 17.0 Å². The third-order valence-electron chi connectivity index (χ3n) is 2.83. The van der Waals surface area contributed by atoms with Crippen molar-refractivity contribution in [2.75, 3.05) is 5.73 Å². The van der Waals surface area contributed by atoms with Crippen LogP contribution < -0.4 is 10.5 Å². The van der Waals surface area contributed by atoms with Crippen LogP contribution in [0.15, 0.2) is 36.4 Å². The van der Waals surface area contributed by atoms with E-state index in [9.17, 15) is 10.1 Å². The van der Waals surface area contributed by atoms with Crippen molar-refractivity contribution >= 4 is 23.0 Å². The number of halogens is 1. The van der Waals surface area contributed by atoms with Gasteiger partial charge >= 0.3 is 0 Å². The molecular formula is C14H13ClN2O3. The summed E-state index contributed by atoms with van der Waals surface area (Å²) in [5.41, 5.74) is 7.90. The van der Waals surface area contributed by atoms with Gasteiger partial charge in [0.25, 0.3) is 5.69 Å². The summed E-state index contributed by atoms with van der Waals surface area (Å²) in [6, 6.07) is 9.65. The van der Waals surface area contributed by atoms with Crippen LogP contribution >= 0.6 is 11.6 Å². The predicted octanol–water partition coefficient (Wildman–Crippen LogP) is 3.72. The number of benzene rings is 2. The number of hydrogen-bond acceptors (Lipinski definition) is 4. The number of aryl methyl sites for hydroxylation is 1. The maximum atomic E-state index is 10.6. The van der Waals surface area contributed by atoms with E-state index in [4.69, 9.17) is 22.1 Å². The molecule has 2 aromatic rings. The number of nitrogen functional groups attached to an aromatic ring is 1. The molecule has 2 N–H and O–H groups in total. The minimum atomic E-state index is -0.485. The molecule has 0 radical (unpaired) electrons. The minimum Gasteiger partial charge on any atom is -0.489 e. The first-order chi connectivity index (χ1) is 9.47. The summed E-state index contributed by atoms with van der Waals surface area (Å²) in [7, 11) is 0. The maximum Gasteiger partial charge on any atom is 0.270 e. The molecule has 0 bridgehead atoms. The van der Waals surface area contributed by atoms with Crippen LogP contribution in [-0.4, -0.2) is 4.92 Å². The van der Waals surface area contributed by atoms with E-state index in [1.807, 2.05) is 13.0 Å². The number of nitro groups is 1. The van der Waals surface area contributed by atoms with Crippen LogP contribution in [0.4, 0.5) is 11.4 Å². The summed E-state index contributed by atoms with van der Waals surface area (Å²) >= 11 is 6.00. The van der Waals surface area contributed by atoms with Gasteiger partial charge in [0, 0.05) is 23.4 Å². The molecular weight excluding hydrogens is 280 g/mol. The Hall–Kier alpha value is -2.27. The fourth-order valence-electron chi connectivity index (χ4n) is 1.76. The van der Waals surface area contributed by atoms with Crippen LogP contribution in [0.1, 0.15) is 11.1 Å². The molecule has 0 aliphatic rings. The summed E-state index contributed by atoms with van der Waals surface area (Å²) in [5.74, 6) is 0.702. The molecule has 20 heavy (non-hydrogen) atoms. The van der Waals surface area contributed by atoms with E-state index in [-0.39, 0.29) is 12.3 Å². The highest BCUT2D eigenvalue weighted by Crippen LogP contribution is 2.25. The normalized spacial score (nSPS) is 10.3. The largest absolute Gasteiger partial charge is 0.489 e. The Morgan fingerprint density at radius 1 is 1.30 bits per heavy atom. The SMILES string of the molecule is Cc1cc(N)ccc1OCc1ccc([N+](=O)[O-])cc1Cl. The first-order valence-corrected chi connectivity index (χ1v) is 6.27. The molecule has 0 aliphatic carbocycles. The molecule has 5 nitrogen and oxygen atoms in total. The van der Waals surface area contributed by atoms with Gasteiger partial charge in [-0.05, 0) is 36.8 Å². The van der Waals surface area contributed by atoms with E-state index in [1.54, 1.807) is 18.2 Å². The Labute approximate surface area is 121 Å². The quantitative estimate of drug-likeness (QED) is 0.529. The van der Waals surface area contributed by atoms with Gasteiger partial charge in [-0.25, -0.2) is 0 Å². The van der Waals surface area contributed by atoms with Crippen LogP contribution in [0.25, 0.3) is 0 Å². The van der Waals surface area contributed by atoms with Gasteiger partial charge in [-0.1, -0.05) is 11.6 Å². The molecule has 0 heterocycles. The van der Waals surface area contributed by atoms with Gasteiger partial charge in [0.1, 0.15) is 12.4 Å². The van der Waals surface area contributed by atoms with E-state index in [1.165, 1.54) is 12.1 Å². The lowest BCUT2D eigenvalue weighted by molar-refractivity contribution is -0.384. The third kappa shape index (κ3) is 3.19. The number of hydrogen-bond donors (Lipinski definition) is 1. The lowest BCUT2D eigenvalue weighted by Crippen LogP contribution is -1.99. The Bertz CT molecular complexity index is 659. The molecule has 0 unspecified atom stereocenters. The van der Waals surface area contributed by atoms with Crippen LogP contribution in [0.3, 0.4) is 0 Å². The molecule has 0 fully saturated rings. The Morgan fingerprint density at radius 2 is 2.05 bits per heavy atom. The molecule has 6 heteroatoms. The summed E-state index contributed by atoms with van der Waals surface area (Å²) < 4.78 is 5.65. The fraction of sp³-hybridized carbons (Fsp3) is 0.143. The molecule has 0 saturated carbocycles. The first kappa shape index (κ1) is 14.1. The summed E-state index contributed by atoms with van der Waals surface area (Å²) in [5, 5.41) is 10.9. The first-order valence-electron chi connectivity index (χ1n) is 5.89. The number of nitrogens with zero attached hydrogens (tertiary/aromatic N) is 1. The average Bonchev–Trinajstić information content (AvgIpc) is 2.38. The lowest BCUT2D eigenvalue weighted by atomic mass is 10.2. The van der Waals surface area contributed by atoms with E-state index in [0.717, 1.165) is 5.56 Å². The van der Waals surface area contributed by atoms with Crippen LogP contribution in [0.5, 0.6) is 5.75 Å². The zero-order chi connectivity index (χ0) is 14.7. The predicted molar refractivity (Wildman–Crippen MR) is 78.0 cm³/mol. The van der Waals surface area contributed by atoms with Crippen molar-refractivity contribution in [1.82, 2.24) is 0 Å². The van der Waals surface area contributed by atoms with Crippen molar-refractivity contribution in [3.8, 4) is 5.75 Å². The minimum absolute atomic E-state index is 0.0394. The highest BCUT2D eigenvalue weighted by molar-refractivity contribution is 6.31. The highest BCUT2D eigenvalue weighted by Gasteiger charge is 2.10. The Kier molecular flexibility index (Phi) is 4.10. The molecule has 0 amide bonds. The molecule has 0 spiro atoms. The monoisotopic (exact) mass is 292 g/mol. The number of nitro benzene ring substituents is 1. The second kappa shape index (κ2) is 5.79. The van der Waals surface area contributed by atoms with Gasteiger partial charge in [0.15, 0.2) is 0 Å². The zero-order valence-electron chi connectivity index (χ0n) is 10.8. The van der Waals surface area contributed by atoms with Crippen LogP contribution in [-0.2, 0) is 6.61 Å². The van der Waals surface area contributed by atoms with Gasteiger partial charge in [0.05, 0.1) is 9.95 Å². The smallest absolute Gasteiger partial charge is 0.270 e. The summed E-state index contributed by atoms with van der Waals surface area (Å²) in [6.45, 7) is 2.13. The lowest BCUT2D eigenvalue weighted by Gasteiger charge is -2.10. The van der Waals surface area contributed by atoms with E-state index < -0.39 is 4.92 Å². The standard InChI is InChI=1S/C14H13ClN2O3/c1-9-6-11(16)3-5-14(9)20-8-10-2-4-12(17(18)19)7-13(10)15/h2-7H,8,16H2,1H3. The summed E-state index contributed by atoms with van der Waals surface area (Å²) in [4.78, 5) is 10.1. The van der Waals surface area contributed by atoms with Crippen LogP contribution in [0.2, 0.25) is 5.02 Å². The molecule has 104 valence electrons. The number of rotatable bonds is 4. The molecule has 2 aromatic carbocycles. The molecule has 2 rings (SSSR count). The second-order valence-corrected chi connectivity index (χ2v) is 4.75. The second-order valence-electron chi connectivity index (χ2n) is 4.35. The van der Waals surface area contributed by atoms with Gasteiger partial charge in [-0.2, -0.15) is 0 Å². The zero-order valence-corrected chi connectivity index (χ0v) is 11.6. The van der Waals surface area contributed by atoms with Crippen molar-refractivity contribution in [3.05, 3.63) is 62.7 Å². The number of nitrogens with two attached hydrogens (primary N) is 1. The summed E-state index contributed by atoms with van der Waals surface area (Å²) in [6.07, 6.45) is 0. The van der Waals surface area contributed by atoms with E-state index >= 15 is 0 Å². The van der Waals surface area contributed by atoms with Crippen molar-refractivity contribution in [3.63, 3.8) is 0 Å². The van der Waals surface area contributed by atoms with Crippen molar-refractivity contribution in [2.24, 2.45) is 0 Å². The van der Waals surface area contributed by atoms with Gasteiger partial charge in [-0.15, -0.1) is 0 Å². The fourth-order valence-corrected chi connectivity index (χ4v) is 1.99. The average molecular weight is 293 g/mol. The highest BCUT2D eigenvalue weighted by atomic mass is 35.5. The Morgan fingerprint density at radius 3 is 2.65 bits per heavy atom. The van der Waals surface area contributed by atoms with Crippen molar-refractivity contribution in [1.29, 1.82) is 0 Å². The molecule has 0 aromatic heterocycles. The van der Waals surface area contributed by atoms with E-state index in [0.29, 0.717) is 22.0 Å². The Balaban J connectivity index is 2.13. The third-order valence-corrected chi connectivity index (χ3v) is 3.18. The van der Waals surface area contributed by atoms with E-state index in [2.05, 4.69) is 0 Å².